The number of allylic oxidation sites excluding steroid dienone is 2. The molecule has 0 aromatic heterocycles. The van der Waals surface area contributed by atoms with Gasteiger partial charge >= 0.3 is 0 Å². The Kier molecular flexibility index (Phi) is 1.54. The van der Waals surface area contributed by atoms with Gasteiger partial charge in [-0.3, -0.25) is 4.79 Å². The van der Waals surface area contributed by atoms with E-state index in [1.54, 1.807) is 0 Å². The Morgan fingerprint density at radius 3 is 2.86 bits per heavy atom. The summed E-state index contributed by atoms with van der Waals surface area (Å²) in [5, 5.41) is 9.30. The Morgan fingerprint density at radius 2 is 2.21 bits per heavy atom. The molecule has 0 radical (unpaired) electrons. The molecule has 3 aliphatic carbocycles. The third-order valence-electron chi connectivity index (χ3n) is 4.56. The molecular weight excluding hydrogens is 176 g/mol. The Bertz CT molecular complexity index is 320. The van der Waals surface area contributed by atoms with Crippen LogP contribution in [0.1, 0.15) is 19.8 Å². The number of hydrogen-bond donors (Lipinski definition) is 1. The van der Waals surface area contributed by atoms with Crippen molar-refractivity contribution in [3.8, 4) is 0 Å². The number of carbonyl (C=O) groups excluding carboxylic acids is 1. The van der Waals surface area contributed by atoms with Crippen LogP contribution >= 0.6 is 0 Å². The van der Waals surface area contributed by atoms with Gasteiger partial charge in [0.05, 0.1) is 6.61 Å². The predicted molar refractivity (Wildman–Crippen MR) is 52.5 cm³/mol. The molecule has 0 amide bonds. The van der Waals surface area contributed by atoms with Gasteiger partial charge in [0, 0.05) is 11.3 Å². The van der Waals surface area contributed by atoms with Crippen molar-refractivity contribution in [3.63, 3.8) is 0 Å². The molecule has 2 nitrogen and oxygen atoms in total. The van der Waals surface area contributed by atoms with Gasteiger partial charge in [0.15, 0.2) is 0 Å². The molecule has 0 heterocycles. The standard InChI is InChI=1S/C12H16O2/c1-12(6-13)5-9-7-2-3-8(4-7)10(9)11(12)14/h2-3,7-10,13H,4-6H2,1H3. The minimum atomic E-state index is -0.432. The van der Waals surface area contributed by atoms with Crippen LogP contribution in [-0.2, 0) is 4.79 Å². The maximum absolute atomic E-state index is 12.1. The van der Waals surface area contributed by atoms with Gasteiger partial charge in [0.2, 0.25) is 0 Å². The highest BCUT2D eigenvalue weighted by molar-refractivity contribution is 5.90. The van der Waals surface area contributed by atoms with Gasteiger partial charge in [-0.25, -0.2) is 0 Å². The lowest BCUT2D eigenvalue weighted by Gasteiger charge is -2.21. The van der Waals surface area contributed by atoms with Crippen LogP contribution in [0.4, 0.5) is 0 Å². The monoisotopic (exact) mass is 192 g/mol. The third kappa shape index (κ3) is 0.830. The lowest BCUT2D eigenvalue weighted by molar-refractivity contribution is -0.130. The van der Waals surface area contributed by atoms with Gasteiger partial charge in [-0.05, 0) is 30.6 Å². The van der Waals surface area contributed by atoms with E-state index in [0.717, 1.165) is 6.42 Å². The number of aliphatic hydroxyl groups is 1. The molecule has 1 N–H and O–H groups in total. The van der Waals surface area contributed by atoms with Gasteiger partial charge in [0.1, 0.15) is 5.78 Å². The maximum Gasteiger partial charge on any atom is 0.145 e. The van der Waals surface area contributed by atoms with Crippen LogP contribution in [0.5, 0.6) is 0 Å². The summed E-state index contributed by atoms with van der Waals surface area (Å²) in [6.07, 6.45) is 6.58. The second kappa shape index (κ2) is 2.48. The minimum Gasteiger partial charge on any atom is -0.395 e. The lowest BCUT2D eigenvalue weighted by atomic mass is 9.84. The predicted octanol–water partition coefficient (Wildman–Crippen LogP) is 1.40. The third-order valence-corrected chi connectivity index (χ3v) is 4.56. The molecule has 2 heteroatoms. The van der Waals surface area contributed by atoms with Gasteiger partial charge in [-0.1, -0.05) is 19.1 Å². The van der Waals surface area contributed by atoms with Crippen molar-refractivity contribution in [2.24, 2.45) is 29.1 Å². The van der Waals surface area contributed by atoms with Crippen LogP contribution in [0.25, 0.3) is 0 Å². The van der Waals surface area contributed by atoms with E-state index in [4.69, 9.17) is 0 Å². The van der Waals surface area contributed by atoms with E-state index < -0.39 is 5.41 Å². The molecule has 3 rings (SSSR count). The van der Waals surface area contributed by atoms with Crippen LogP contribution in [-0.4, -0.2) is 17.5 Å². The van der Waals surface area contributed by atoms with Crippen molar-refractivity contribution in [1.29, 1.82) is 0 Å². The Balaban J connectivity index is 1.97. The van der Waals surface area contributed by atoms with Crippen LogP contribution in [0.15, 0.2) is 12.2 Å². The molecule has 0 spiro atoms. The first kappa shape index (κ1) is 8.66. The Morgan fingerprint density at radius 1 is 1.50 bits per heavy atom. The molecule has 5 atom stereocenters. The van der Waals surface area contributed by atoms with Crippen LogP contribution < -0.4 is 0 Å². The number of aliphatic hydroxyl groups excluding tert-OH is 1. The average molecular weight is 192 g/mol. The van der Waals surface area contributed by atoms with Crippen LogP contribution in [0.2, 0.25) is 0 Å². The topological polar surface area (TPSA) is 37.3 Å². The quantitative estimate of drug-likeness (QED) is 0.637. The molecule has 5 unspecified atom stereocenters. The molecular formula is C12H16O2. The zero-order chi connectivity index (χ0) is 9.92. The second-order valence-electron chi connectivity index (χ2n) is 5.43. The van der Waals surface area contributed by atoms with E-state index in [1.165, 1.54) is 6.42 Å². The average Bonchev–Trinajstić information content (AvgIpc) is 2.81. The van der Waals surface area contributed by atoms with Crippen molar-refractivity contribution in [1.82, 2.24) is 0 Å². The van der Waals surface area contributed by atoms with Gasteiger partial charge < -0.3 is 5.11 Å². The summed E-state index contributed by atoms with van der Waals surface area (Å²) in [5.74, 6) is 2.21. The normalized spacial score (nSPS) is 54.3. The molecule has 0 aliphatic heterocycles. The highest BCUT2D eigenvalue weighted by Crippen LogP contribution is 2.58. The van der Waals surface area contributed by atoms with Crippen molar-refractivity contribution in [2.75, 3.05) is 6.61 Å². The molecule has 14 heavy (non-hydrogen) atoms. The summed E-state index contributed by atoms with van der Waals surface area (Å²) in [6.45, 7) is 1.95. The van der Waals surface area contributed by atoms with Crippen LogP contribution in [0.3, 0.4) is 0 Å². The van der Waals surface area contributed by atoms with E-state index in [0.29, 0.717) is 23.5 Å². The molecule has 76 valence electrons. The highest BCUT2D eigenvalue weighted by Gasteiger charge is 2.58. The first-order valence-corrected chi connectivity index (χ1v) is 5.49. The summed E-state index contributed by atoms with van der Waals surface area (Å²) in [4.78, 5) is 12.1. The fourth-order valence-electron chi connectivity index (χ4n) is 3.76. The highest BCUT2D eigenvalue weighted by atomic mass is 16.3. The fraction of sp³-hybridized carbons (Fsp3) is 0.750. The number of Topliss-reactive ketones (excluding diaryl/α,β-unsaturated/α-hetero) is 1. The first-order chi connectivity index (χ1) is 6.65. The number of ketones is 1. The van der Waals surface area contributed by atoms with E-state index in [9.17, 15) is 9.90 Å². The molecule has 0 saturated heterocycles. The summed E-state index contributed by atoms with van der Waals surface area (Å²) in [5.41, 5.74) is -0.432. The summed E-state index contributed by atoms with van der Waals surface area (Å²) < 4.78 is 0. The smallest absolute Gasteiger partial charge is 0.145 e. The van der Waals surface area contributed by atoms with Gasteiger partial charge in [-0.2, -0.15) is 0 Å². The van der Waals surface area contributed by atoms with Crippen molar-refractivity contribution >= 4 is 5.78 Å². The maximum atomic E-state index is 12.1. The molecule has 2 bridgehead atoms. The zero-order valence-electron chi connectivity index (χ0n) is 8.44. The largest absolute Gasteiger partial charge is 0.395 e. The molecule has 0 aromatic carbocycles. The number of hydrogen-bond acceptors (Lipinski definition) is 2. The van der Waals surface area contributed by atoms with Gasteiger partial charge in [0.25, 0.3) is 0 Å². The molecule has 0 aromatic rings. The molecule has 3 aliphatic rings. The Labute approximate surface area is 84.0 Å². The second-order valence-corrected chi connectivity index (χ2v) is 5.43. The summed E-state index contributed by atoms with van der Waals surface area (Å²) >= 11 is 0. The zero-order valence-corrected chi connectivity index (χ0v) is 8.44. The fourth-order valence-corrected chi connectivity index (χ4v) is 3.76. The van der Waals surface area contributed by atoms with Gasteiger partial charge in [-0.15, -0.1) is 0 Å². The lowest BCUT2D eigenvalue weighted by Crippen LogP contribution is -2.30. The number of fused-ring (bicyclic) bond motifs is 5. The van der Waals surface area contributed by atoms with Crippen LogP contribution in [0, 0.1) is 29.1 Å². The van der Waals surface area contributed by atoms with E-state index in [2.05, 4.69) is 12.2 Å². The minimum absolute atomic E-state index is 0.0261. The van der Waals surface area contributed by atoms with Crippen molar-refractivity contribution < 1.29 is 9.90 Å². The summed E-state index contributed by atoms with van der Waals surface area (Å²) in [6, 6.07) is 0. The summed E-state index contributed by atoms with van der Waals surface area (Å²) in [7, 11) is 0. The van der Waals surface area contributed by atoms with Crippen molar-refractivity contribution in [2.45, 2.75) is 19.8 Å². The SMILES string of the molecule is CC1(CO)CC2C3C=CC(C3)C2C1=O. The molecule has 2 fully saturated rings. The van der Waals surface area contributed by atoms with Crippen molar-refractivity contribution in [3.05, 3.63) is 12.2 Å². The van der Waals surface area contributed by atoms with E-state index >= 15 is 0 Å². The van der Waals surface area contributed by atoms with E-state index in [-0.39, 0.29) is 12.5 Å². The van der Waals surface area contributed by atoms with E-state index in [1.807, 2.05) is 6.92 Å². The number of carbonyl (C=O) groups is 1. The number of rotatable bonds is 1. The first-order valence-electron chi connectivity index (χ1n) is 5.49. The molecule has 2 saturated carbocycles. The Hall–Kier alpha value is -0.630.